The molecular formula is C23H28N2O6. The predicted octanol–water partition coefficient (Wildman–Crippen LogP) is 1.64. The number of benzene rings is 1. The number of rotatable bonds is 7. The van der Waals surface area contributed by atoms with E-state index in [1.54, 1.807) is 17.0 Å². The maximum Gasteiger partial charge on any atom is 0.308 e. The Morgan fingerprint density at radius 2 is 1.81 bits per heavy atom. The maximum atomic E-state index is 12.5. The molecule has 1 unspecified atom stereocenters. The molecule has 2 aliphatic rings. The van der Waals surface area contributed by atoms with Crippen LogP contribution in [0, 0.1) is 5.41 Å². The van der Waals surface area contributed by atoms with Gasteiger partial charge < -0.3 is 19.7 Å². The largest absolute Gasteiger partial charge is 0.490 e. The summed E-state index contributed by atoms with van der Waals surface area (Å²) in [6, 6.07) is 8.32. The molecule has 1 N–H and O–H groups in total. The highest BCUT2D eigenvalue weighted by molar-refractivity contribution is 6.22. The van der Waals surface area contributed by atoms with Crippen LogP contribution in [0.15, 0.2) is 42.1 Å². The summed E-state index contributed by atoms with van der Waals surface area (Å²) < 4.78 is 10.7. The monoisotopic (exact) mass is 428 g/mol. The van der Waals surface area contributed by atoms with Gasteiger partial charge in [0.25, 0.3) is 0 Å². The van der Waals surface area contributed by atoms with Gasteiger partial charge in [0.2, 0.25) is 5.91 Å². The average Bonchev–Trinajstić information content (AvgIpc) is 2.70. The number of allylic oxidation sites excluding steroid dienone is 1. The number of Topliss-reactive ketones (excluding diaryl/α,β-unsaturated/α-hetero) is 2. The molecule has 1 amide bonds. The Labute approximate surface area is 181 Å². The van der Waals surface area contributed by atoms with Crippen LogP contribution in [0.3, 0.4) is 0 Å². The van der Waals surface area contributed by atoms with Gasteiger partial charge in [0, 0.05) is 32.1 Å². The number of esters is 1. The third-order valence-corrected chi connectivity index (χ3v) is 5.26. The molecule has 0 radical (unpaired) electrons. The normalized spacial score (nSPS) is 20.8. The van der Waals surface area contributed by atoms with Gasteiger partial charge in [-0.2, -0.15) is 0 Å². The van der Waals surface area contributed by atoms with Gasteiger partial charge in [-0.25, -0.2) is 0 Å². The van der Waals surface area contributed by atoms with E-state index in [2.05, 4.69) is 5.32 Å². The van der Waals surface area contributed by atoms with E-state index in [1.807, 2.05) is 32.0 Å². The number of ether oxygens (including phenoxy) is 2. The third kappa shape index (κ3) is 6.16. The lowest BCUT2D eigenvalue weighted by molar-refractivity contribution is -0.148. The van der Waals surface area contributed by atoms with Gasteiger partial charge in [0.15, 0.2) is 11.6 Å². The van der Waals surface area contributed by atoms with Crippen molar-refractivity contribution in [3.63, 3.8) is 0 Å². The van der Waals surface area contributed by atoms with Crippen LogP contribution in [0.5, 0.6) is 5.75 Å². The summed E-state index contributed by atoms with van der Waals surface area (Å²) in [4.78, 5) is 51.2. The van der Waals surface area contributed by atoms with Crippen LogP contribution in [0.2, 0.25) is 0 Å². The fourth-order valence-corrected chi connectivity index (χ4v) is 3.73. The topological polar surface area (TPSA) is 102 Å². The minimum absolute atomic E-state index is 0.0508. The zero-order valence-corrected chi connectivity index (χ0v) is 17.9. The third-order valence-electron chi connectivity index (χ3n) is 5.26. The molecule has 1 aliphatic carbocycles. The smallest absolute Gasteiger partial charge is 0.308 e. The summed E-state index contributed by atoms with van der Waals surface area (Å²) in [6.45, 7) is 4.78. The molecular weight excluding hydrogens is 400 g/mol. The Morgan fingerprint density at radius 3 is 2.48 bits per heavy atom. The molecule has 166 valence electrons. The maximum absolute atomic E-state index is 12.5. The van der Waals surface area contributed by atoms with E-state index in [0.717, 1.165) is 0 Å². The summed E-state index contributed by atoms with van der Waals surface area (Å²) >= 11 is 0. The quantitative estimate of drug-likeness (QED) is 0.305. The lowest BCUT2D eigenvalue weighted by Gasteiger charge is -2.35. The first-order valence-corrected chi connectivity index (χ1v) is 10.4. The van der Waals surface area contributed by atoms with Crippen LogP contribution >= 0.6 is 0 Å². The number of hydrogen-bond acceptors (Lipinski definition) is 7. The SMILES string of the molecule is CC1(C)CC(=O)C(=CN2CCNC(=O)C2CC(=O)OCCOc2ccccc2)C(=O)C1. The lowest BCUT2D eigenvalue weighted by Crippen LogP contribution is -2.54. The predicted molar refractivity (Wildman–Crippen MR) is 112 cm³/mol. The van der Waals surface area contributed by atoms with Gasteiger partial charge in [0.1, 0.15) is 25.0 Å². The minimum atomic E-state index is -0.834. The van der Waals surface area contributed by atoms with E-state index in [1.165, 1.54) is 6.20 Å². The Bertz CT molecular complexity index is 855. The number of amides is 1. The van der Waals surface area contributed by atoms with Gasteiger partial charge in [-0.1, -0.05) is 32.0 Å². The van der Waals surface area contributed by atoms with E-state index >= 15 is 0 Å². The van der Waals surface area contributed by atoms with Crippen molar-refractivity contribution in [3.05, 3.63) is 42.1 Å². The number of nitrogens with one attached hydrogen (secondary N) is 1. The molecule has 0 aromatic heterocycles. The van der Waals surface area contributed by atoms with Crippen LogP contribution in [-0.2, 0) is 23.9 Å². The van der Waals surface area contributed by atoms with E-state index in [9.17, 15) is 19.2 Å². The molecule has 8 heteroatoms. The summed E-state index contributed by atoms with van der Waals surface area (Å²) in [6.07, 6.45) is 1.82. The Balaban J connectivity index is 1.57. The van der Waals surface area contributed by atoms with E-state index in [0.29, 0.717) is 18.8 Å². The van der Waals surface area contributed by atoms with Crippen LogP contribution in [0.25, 0.3) is 0 Å². The molecule has 0 bridgehead atoms. The van der Waals surface area contributed by atoms with Crippen molar-refractivity contribution in [1.82, 2.24) is 10.2 Å². The summed E-state index contributed by atoms with van der Waals surface area (Å²) in [5, 5.41) is 2.72. The highest BCUT2D eigenvalue weighted by atomic mass is 16.6. The van der Waals surface area contributed by atoms with Crippen molar-refractivity contribution in [1.29, 1.82) is 0 Å². The Kier molecular flexibility index (Phi) is 7.09. The second-order valence-electron chi connectivity index (χ2n) is 8.54. The number of para-hydroxylation sites is 1. The van der Waals surface area contributed by atoms with E-state index < -0.39 is 12.0 Å². The highest BCUT2D eigenvalue weighted by Gasteiger charge is 2.37. The number of piperazine rings is 1. The van der Waals surface area contributed by atoms with Crippen molar-refractivity contribution >= 4 is 23.4 Å². The standard InChI is InChI=1S/C23H28N2O6/c1-23(2)13-19(26)17(20(27)14-23)15-25-9-8-24-22(29)18(25)12-21(28)31-11-10-30-16-6-4-3-5-7-16/h3-7,15,18H,8-14H2,1-2H3,(H,24,29). The summed E-state index contributed by atoms with van der Waals surface area (Å²) in [5.74, 6) is -0.674. The average molecular weight is 428 g/mol. The summed E-state index contributed by atoms with van der Waals surface area (Å²) in [7, 11) is 0. The fraction of sp³-hybridized carbons (Fsp3) is 0.478. The first kappa shape index (κ1) is 22.5. The first-order valence-electron chi connectivity index (χ1n) is 10.4. The van der Waals surface area contributed by atoms with Crippen LogP contribution < -0.4 is 10.1 Å². The number of nitrogens with zero attached hydrogens (tertiary/aromatic N) is 1. The molecule has 1 saturated heterocycles. The van der Waals surface area contributed by atoms with Crippen LogP contribution in [0.1, 0.15) is 33.1 Å². The molecule has 8 nitrogen and oxygen atoms in total. The number of ketones is 2. The molecule has 1 heterocycles. The van der Waals surface area contributed by atoms with Gasteiger partial charge in [-0.15, -0.1) is 0 Å². The van der Waals surface area contributed by atoms with Crippen molar-refractivity contribution in [2.24, 2.45) is 5.41 Å². The van der Waals surface area contributed by atoms with Crippen molar-refractivity contribution < 1.29 is 28.7 Å². The zero-order valence-electron chi connectivity index (χ0n) is 17.9. The molecule has 1 atom stereocenters. The number of carbonyl (C=O) groups excluding carboxylic acids is 4. The van der Waals surface area contributed by atoms with Crippen LogP contribution in [0.4, 0.5) is 0 Å². The first-order chi connectivity index (χ1) is 14.7. The molecule has 1 aromatic carbocycles. The number of hydrogen-bond donors (Lipinski definition) is 1. The van der Waals surface area contributed by atoms with Crippen molar-refractivity contribution in [2.75, 3.05) is 26.3 Å². The Morgan fingerprint density at radius 1 is 1.13 bits per heavy atom. The molecule has 3 rings (SSSR count). The molecule has 0 spiro atoms. The summed E-state index contributed by atoms with van der Waals surface area (Å²) in [5.41, 5.74) is -0.265. The van der Waals surface area contributed by atoms with E-state index in [-0.39, 0.29) is 60.9 Å². The molecule has 1 aromatic rings. The minimum Gasteiger partial charge on any atom is -0.490 e. The molecule has 2 fully saturated rings. The van der Waals surface area contributed by atoms with Crippen LogP contribution in [-0.4, -0.2) is 60.7 Å². The number of carbonyl (C=O) groups is 4. The fourth-order valence-electron chi connectivity index (χ4n) is 3.73. The molecule has 1 aliphatic heterocycles. The second kappa shape index (κ2) is 9.76. The van der Waals surface area contributed by atoms with Gasteiger partial charge in [0.05, 0.1) is 12.0 Å². The molecule has 31 heavy (non-hydrogen) atoms. The molecule has 1 saturated carbocycles. The van der Waals surface area contributed by atoms with E-state index in [4.69, 9.17) is 9.47 Å². The van der Waals surface area contributed by atoms with Crippen molar-refractivity contribution in [3.8, 4) is 5.75 Å². The second-order valence-corrected chi connectivity index (χ2v) is 8.54. The van der Waals surface area contributed by atoms with Gasteiger partial charge in [-0.3, -0.25) is 19.2 Å². The Hall–Kier alpha value is -3.16. The van der Waals surface area contributed by atoms with Gasteiger partial charge in [-0.05, 0) is 17.5 Å². The van der Waals surface area contributed by atoms with Gasteiger partial charge >= 0.3 is 5.97 Å². The van der Waals surface area contributed by atoms with Crippen molar-refractivity contribution in [2.45, 2.75) is 39.2 Å². The highest BCUT2D eigenvalue weighted by Crippen LogP contribution is 2.34. The lowest BCUT2D eigenvalue weighted by atomic mass is 9.74. The zero-order chi connectivity index (χ0) is 22.4.